The Morgan fingerprint density at radius 1 is 1.28 bits per heavy atom. The molecule has 2 aliphatic rings. The Morgan fingerprint density at radius 3 is 2.88 bits per heavy atom. The summed E-state index contributed by atoms with van der Waals surface area (Å²) in [5.41, 5.74) is 3.51. The number of hydrogen-bond donors (Lipinski definition) is 1. The number of fused-ring (bicyclic) bond motifs is 3. The zero-order chi connectivity index (χ0) is 17.6. The van der Waals surface area contributed by atoms with E-state index in [2.05, 4.69) is 61.1 Å². The molecule has 2 aromatic rings. The quantitative estimate of drug-likeness (QED) is 0.863. The molecular formula is C21H27N3O. The van der Waals surface area contributed by atoms with Crippen LogP contribution in [0.25, 0.3) is 17.0 Å². The second-order valence-corrected chi connectivity index (χ2v) is 8.23. The third-order valence-corrected chi connectivity index (χ3v) is 5.66. The average molecular weight is 337 g/mol. The minimum atomic E-state index is -0.103. The summed E-state index contributed by atoms with van der Waals surface area (Å²) in [5.74, 6) is 0.387. The molecule has 1 aromatic heterocycles. The van der Waals surface area contributed by atoms with Crippen molar-refractivity contribution in [3.05, 3.63) is 41.7 Å². The van der Waals surface area contributed by atoms with Crippen molar-refractivity contribution in [3.63, 3.8) is 0 Å². The molecule has 1 fully saturated rings. The minimum Gasteiger partial charge on any atom is -0.355 e. The zero-order valence-corrected chi connectivity index (χ0v) is 15.4. The highest BCUT2D eigenvalue weighted by Gasteiger charge is 2.35. The lowest BCUT2D eigenvalue weighted by molar-refractivity contribution is -0.135. The fourth-order valence-electron chi connectivity index (χ4n) is 4.49. The average Bonchev–Trinajstić information content (AvgIpc) is 2.91. The van der Waals surface area contributed by atoms with Gasteiger partial charge in [0, 0.05) is 41.3 Å². The van der Waals surface area contributed by atoms with Crippen molar-refractivity contribution >= 4 is 22.9 Å². The second kappa shape index (κ2) is 6.03. The van der Waals surface area contributed by atoms with Gasteiger partial charge in [0.15, 0.2) is 0 Å². The molecule has 1 N–H and O–H groups in total. The second-order valence-electron chi connectivity index (χ2n) is 8.23. The zero-order valence-electron chi connectivity index (χ0n) is 15.4. The summed E-state index contributed by atoms with van der Waals surface area (Å²) in [6.07, 6.45) is 6.17. The molecule has 0 spiro atoms. The van der Waals surface area contributed by atoms with E-state index in [-0.39, 0.29) is 17.2 Å². The molecule has 4 rings (SSSR count). The molecule has 1 saturated heterocycles. The highest BCUT2D eigenvalue weighted by atomic mass is 16.2. The standard InChI is InChI=1S/C21H27N3O/c1-21(2)14-24(20(25)15-7-6-11-23(3)13-15)12-10-18-19(21)16-8-4-5-9-17(16)22-18/h4-5,8-10,12,15,22H,6-7,11,13-14H2,1-3H3. The van der Waals surface area contributed by atoms with Gasteiger partial charge in [-0.1, -0.05) is 32.0 Å². The van der Waals surface area contributed by atoms with Crippen LogP contribution in [0.4, 0.5) is 0 Å². The Labute approximate surface area is 149 Å². The lowest BCUT2D eigenvalue weighted by Gasteiger charge is -2.35. The molecule has 1 atom stereocenters. The number of amides is 1. The highest BCUT2D eigenvalue weighted by Crippen LogP contribution is 2.37. The predicted octanol–water partition coefficient (Wildman–Crippen LogP) is 3.60. The van der Waals surface area contributed by atoms with Crippen LogP contribution in [-0.4, -0.2) is 47.4 Å². The molecule has 3 heterocycles. The molecule has 0 bridgehead atoms. The molecule has 2 aliphatic heterocycles. The largest absolute Gasteiger partial charge is 0.355 e. The number of aromatic nitrogens is 1. The van der Waals surface area contributed by atoms with E-state index < -0.39 is 0 Å². The van der Waals surface area contributed by atoms with Crippen molar-refractivity contribution in [2.45, 2.75) is 32.1 Å². The third kappa shape index (κ3) is 2.89. The molecular weight excluding hydrogens is 310 g/mol. The number of hydrogen-bond acceptors (Lipinski definition) is 2. The van der Waals surface area contributed by atoms with Gasteiger partial charge in [-0.2, -0.15) is 0 Å². The van der Waals surface area contributed by atoms with Crippen LogP contribution >= 0.6 is 0 Å². The van der Waals surface area contributed by atoms with Gasteiger partial charge in [-0.15, -0.1) is 0 Å². The van der Waals surface area contributed by atoms with E-state index in [9.17, 15) is 4.79 Å². The fraction of sp³-hybridized carbons (Fsp3) is 0.476. The van der Waals surface area contributed by atoms with E-state index in [1.54, 1.807) is 0 Å². The summed E-state index contributed by atoms with van der Waals surface area (Å²) in [5, 5.41) is 1.26. The Kier molecular flexibility index (Phi) is 3.95. The van der Waals surface area contributed by atoms with Gasteiger partial charge in [0.05, 0.1) is 5.92 Å². The maximum atomic E-state index is 13.1. The van der Waals surface area contributed by atoms with Crippen LogP contribution in [0.15, 0.2) is 30.5 Å². The van der Waals surface area contributed by atoms with E-state index in [1.807, 2.05) is 11.1 Å². The van der Waals surface area contributed by atoms with Crippen LogP contribution in [0, 0.1) is 5.92 Å². The van der Waals surface area contributed by atoms with Gasteiger partial charge in [-0.25, -0.2) is 0 Å². The van der Waals surface area contributed by atoms with Gasteiger partial charge < -0.3 is 14.8 Å². The van der Waals surface area contributed by atoms with E-state index in [1.165, 1.54) is 16.5 Å². The summed E-state index contributed by atoms with van der Waals surface area (Å²) in [6, 6.07) is 8.44. The number of likely N-dealkylation sites (tertiary alicyclic amines) is 1. The molecule has 25 heavy (non-hydrogen) atoms. The molecule has 1 unspecified atom stereocenters. The van der Waals surface area contributed by atoms with Crippen LogP contribution in [0.2, 0.25) is 0 Å². The SMILES string of the molecule is CN1CCCC(C(=O)N2C=Cc3[nH]c4ccccc4c3C(C)(C)C2)C1. The number of para-hydroxylation sites is 1. The fourth-order valence-corrected chi connectivity index (χ4v) is 4.49. The molecule has 132 valence electrons. The first kappa shape index (κ1) is 16.4. The van der Waals surface area contributed by atoms with Crippen molar-refractivity contribution in [1.29, 1.82) is 0 Å². The number of H-pyrrole nitrogens is 1. The van der Waals surface area contributed by atoms with Gasteiger partial charge >= 0.3 is 0 Å². The van der Waals surface area contributed by atoms with Crippen molar-refractivity contribution in [2.24, 2.45) is 5.92 Å². The van der Waals surface area contributed by atoms with Crippen LogP contribution in [-0.2, 0) is 10.2 Å². The van der Waals surface area contributed by atoms with Crippen molar-refractivity contribution in [3.8, 4) is 0 Å². The van der Waals surface area contributed by atoms with Crippen LogP contribution < -0.4 is 0 Å². The van der Waals surface area contributed by atoms with E-state index in [0.717, 1.165) is 38.2 Å². The molecule has 1 aromatic carbocycles. The molecule has 0 radical (unpaired) electrons. The minimum absolute atomic E-state index is 0.103. The molecule has 0 aliphatic carbocycles. The monoisotopic (exact) mass is 337 g/mol. The molecule has 4 nitrogen and oxygen atoms in total. The number of rotatable bonds is 1. The lowest BCUT2D eigenvalue weighted by atomic mass is 9.82. The van der Waals surface area contributed by atoms with E-state index >= 15 is 0 Å². The van der Waals surface area contributed by atoms with Crippen molar-refractivity contribution in [1.82, 2.24) is 14.8 Å². The molecule has 4 heteroatoms. The van der Waals surface area contributed by atoms with E-state index in [0.29, 0.717) is 0 Å². The first-order valence-electron chi connectivity index (χ1n) is 9.24. The summed E-state index contributed by atoms with van der Waals surface area (Å²) in [6.45, 7) is 7.18. The van der Waals surface area contributed by atoms with Crippen LogP contribution in [0.5, 0.6) is 0 Å². The smallest absolute Gasteiger partial charge is 0.230 e. The molecule has 0 saturated carbocycles. The Bertz CT molecular complexity index is 833. The summed E-state index contributed by atoms with van der Waals surface area (Å²) < 4.78 is 0. The van der Waals surface area contributed by atoms with Gasteiger partial charge in [0.2, 0.25) is 5.91 Å². The predicted molar refractivity (Wildman–Crippen MR) is 102 cm³/mol. The Hall–Kier alpha value is -2.07. The van der Waals surface area contributed by atoms with E-state index in [4.69, 9.17) is 0 Å². The number of nitrogens with zero attached hydrogens (tertiary/aromatic N) is 2. The van der Waals surface area contributed by atoms with Crippen molar-refractivity contribution < 1.29 is 4.79 Å². The van der Waals surface area contributed by atoms with Gasteiger partial charge in [-0.3, -0.25) is 4.79 Å². The summed E-state index contributed by atoms with van der Waals surface area (Å²) in [7, 11) is 2.11. The lowest BCUT2D eigenvalue weighted by Crippen LogP contribution is -2.44. The Morgan fingerprint density at radius 2 is 2.08 bits per heavy atom. The first-order valence-corrected chi connectivity index (χ1v) is 9.24. The topological polar surface area (TPSA) is 39.3 Å². The number of piperidine rings is 1. The van der Waals surface area contributed by atoms with Gasteiger partial charge in [-0.05, 0) is 44.1 Å². The number of carbonyl (C=O) groups excluding carboxylic acids is 1. The normalized spacial score (nSPS) is 23.5. The number of carbonyl (C=O) groups is 1. The Balaban J connectivity index is 1.67. The summed E-state index contributed by atoms with van der Waals surface area (Å²) >= 11 is 0. The van der Waals surface area contributed by atoms with Crippen LogP contribution in [0.1, 0.15) is 37.9 Å². The number of aromatic amines is 1. The van der Waals surface area contributed by atoms with Gasteiger partial charge in [0.25, 0.3) is 0 Å². The highest BCUT2D eigenvalue weighted by molar-refractivity contribution is 5.89. The summed E-state index contributed by atoms with van der Waals surface area (Å²) in [4.78, 5) is 20.9. The maximum Gasteiger partial charge on any atom is 0.230 e. The van der Waals surface area contributed by atoms with Crippen LogP contribution in [0.3, 0.4) is 0 Å². The van der Waals surface area contributed by atoms with Gasteiger partial charge in [0.1, 0.15) is 0 Å². The number of nitrogens with one attached hydrogen (secondary N) is 1. The maximum absolute atomic E-state index is 13.1. The molecule has 1 amide bonds. The van der Waals surface area contributed by atoms with Crippen molar-refractivity contribution in [2.75, 3.05) is 26.7 Å². The first-order chi connectivity index (χ1) is 12.0. The third-order valence-electron chi connectivity index (χ3n) is 5.66. The number of benzene rings is 1.